The fourth-order valence-electron chi connectivity index (χ4n) is 3.28. The van der Waals surface area contributed by atoms with E-state index in [2.05, 4.69) is 16.7 Å². The van der Waals surface area contributed by atoms with Gasteiger partial charge in [0.15, 0.2) is 0 Å². The average molecular weight is 270 g/mol. The molecule has 2 fully saturated rings. The van der Waals surface area contributed by atoms with Gasteiger partial charge in [0.1, 0.15) is 0 Å². The van der Waals surface area contributed by atoms with E-state index in [4.69, 9.17) is 0 Å². The lowest BCUT2D eigenvalue weighted by Crippen LogP contribution is -2.63. The predicted molar refractivity (Wildman–Crippen MR) is 83.3 cm³/mol. The minimum absolute atomic E-state index is 0. The second-order valence-electron chi connectivity index (χ2n) is 5.48. The number of likely N-dealkylation sites (tertiary alicyclic amines) is 2. The molecule has 0 radical (unpaired) electrons. The van der Waals surface area contributed by atoms with Crippen LogP contribution in [0.4, 0.5) is 0 Å². The van der Waals surface area contributed by atoms with Gasteiger partial charge in [0.05, 0.1) is 0 Å². The average Bonchev–Trinajstić information content (AvgIpc) is 2.39. The fourth-order valence-corrected chi connectivity index (χ4v) is 3.28. The maximum absolute atomic E-state index is 11.7. The molecule has 3 heteroatoms. The highest BCUT2D eigenvalue weighted by atomic mass is 16.2. The Morgan fingerprint density at radius 3 is 2.32 bits per heavy atom. The number of piperidine rings is 1. The Labute approximate surface area is 120 Å². The lowest BCUT2D eigenvalue weighted by molar-refractivity contribution is -0.139. The topological polar surface area (TPSA) is 23.6 Å². The number of amides is 1. The van der Waals surface area contributed by atoms with Gasteiger partial charge in [-0.3, -0.25) is 4.79 Å². The lowest BCUT2D eigenvalue weighted by Gasteiger charge is -2.54. The van der Waals surface area contributed by atoms with Crippen molar-refractivity contribution in [1.29, 1.82) is 0 Å². The summed E-state index contributed by atoms with van der Waals surface area (Å²) >= 11 is 0. The van der Waals surface area contributed by atoms with Gasteiger partial charge in [-0.25, -0.2) is 0 Å². The predicted octanol–water partition coefficient (Wildman–Crippen LogP) is 3.39. The molecule has 1 amide bonds. The summed E-state index contributed by atoms with van der Waals surface area (Å²) in [7, 11) is 0. The van der Waals surface area contributed by atoms with Gasteiger partial charge in [0, 0.05) is 38.0 Å². The van der Waals surface area contributed by atoms with Crippen molar-refractivity contribution in [2.24, 2.45) is 5.41 Å². The van der Waals surface area contributed by atoms with Crippen LogP contribution >= 0.6 is 0 Å². The largest absolute Gasteiger partial charge is 0.342 e. The Morgan fingerprint density at radius 2 is 1.79 bits per heavy atom. The van der Waals surface area contributed by atoms with Crippen LogP contribution < -0.4 is 0 Å². The molecule has 3 nitrogen and oxygen atoms in total. The molecule has 0 aromatic carbocycles. The molecule has 2 saturated heterocycles. The maximum atomic E-state index is 11.7. The molecular formula is C16H34N2O. The molecule has 0 saturated carbocycles. The zero-order chi connectivity index (χ0) is 13.6. The summed E-state index contributed by atoms with van der Waals surface area (Å²) in [4.78, 5) is 16.3. The van der Waals surface area contributed by atoms with Gasteiger partial charge in [-0.2, -0.15) is 0 Å². The van der Waals surface area contributed by atoms with Crippen LogP contribution in [-0.4, -0.2) is 48.4 Å². The van der Waals surface area contributed by atoms with Crippen LogP contribution in [0, 0.1) is 5.41 Å². The van der Waals surface area contributed by atoms with E-state index >= 15 is 0 Å². The van der Waals surface area contributed by atoms with E-state index in [0.29, 0.717) is 17.7 Å². The van der Waals surface area contributed by atoms with E-state index in [9.17, 15) is 4.79 Å². The molecule has 0 aromatic heterocycles. The number of carbonyl (C=O) groups is 1. The van der Waals surface area contributed by atoms with E-state index in [1.807, 2.05) is 20.8 Å². The fraction of sp³-hybridized carbons (Fsp3) is 0.938. The first-order valence-corrected chi connectivity index (χ1v) is 7.69. The molecule has 0 unspecified atom stereocenters. The minimum Gasteiger partial charge on any atom is -0.342 e. The standard InChI is InChI=1S/C13H24N2O.C2H6.CH4/c1-3-7-14-9-13(10-14)6-5-8-15(11-13)12(16)4-2;1-2;/h3-11H2,1-2H3;1-2H3;1H4. The molecule has 0 bridgehead atoms. The van der Waals surface area contributed by atoms with Gasteiger partial charge in [-0.15, -0.1) is 0 Å². The highest BCUT2D eigenvalue weighted by molar-refractivity contribution is 5.76. The van der Waals surface area contributed by atoms with Crippen molar-refractivity contribution in [2.45, 2.75) is 60.8 Å². The Balaban J connectivity index is 0.00000103. The minimum atomic E-state index is 0. The third-order valence-corrected chi connectivity index (χ3v) is 3.97. The van der Waals surface area contributed by atoms with Gasteiger partial charge in [-0.1, -0.05) is 35.1 Å². The Bertz CT molecular complexity index is 259. The van der Waals surface area contributed by atoms with Crippen molar-refractivity contribution >= 4 is 5.91 Å². The summed E-state index contributed by atoms with van der Waals surface area (Å²) < 4.78 is 0. The highest BCUT2D eigenvalue weighted by Crippen LogP contribution is 2.38. The first-order valence-electron chi connectivity index (χ1n) is 7.69. The van der Waals surface area contributed by atoms with Crippen LogP contribution in [0.2, 0.25) is 0 Å². The quantitative estimate of drug-likeness (QED) is 0.785. The van der Waals surface area contributed by atoms with Gasteiger partial charge in [-0.05, 0) is 25.8 Å². The first kappa shape index (κ1) is 18.4. The molecule has 2 rings (SSSR count). The SMILES string of the molecule is C.CC.CCCN1CC2(CCCN(C(=O)CC)C2)C1. The molecule has 2 heterocycles. The number of hydrogen-bond acceptors (Lipinski definition) is 2. The zero-order valence-electron chi connectivity index (χ0n) is 12.7. The first-order chi connectivity index (χ1) is 8.69. The van der Waals surface area contributed by atoms with Crippen molar-refractivity contribution in [3.05, 3.63) is 0 Å². The van der Waals surface area contributed by atoms with Gasteiger partial charge < -0.3 is 9.80 Å². The third-order valence-electron chi connectivity index (χ3n) is 3.97. The molecule has 2 aliphatic rings. The number of nitrogens with zero attached hydrogens (tertiary/aromatic N) is 2. The maximum Gasteiger partial charge on any atom is 0.222 e. The summed E-state index contributed by atoms with van der Waals surface area (Å²) in [5, 5.41) is 0. The van der Waals surface area contributed by atoms with Crippen LogP contribution in [0.25, 0.3) is 0 Å². The normalized spacial score (nSPS) is 20.9. The van der Waals surface area contributed by atoms with Crippen molar-refractivity contribution in [3.63, 3.8) is 0 Å². The smallest absolute Gasteiger partial charge is 0.222 e. The van der Waals surface area contributed by atoms with Crippen molar-refractivity contribution < 1.29 is 4.79 Å². The molecule has 0 aromatic rings. The summed E-state index contributed by atoms with van der Waals surface area (Å²) in [6, 6.07) is 0. The molecule has 0 aliphatic carbocycles. The van der Waals surface area contributed by atoms with Gasteiger partial charge in [0.2, 0.25) is 5.91 Å². The number of rotatable bonds is 3. The van der Waals surface area contributed by atoms with Crippen molar-refractivity contribution in [3.8, 4) is 0 Å². The van der Waals surface area contributed by atoms with Crippen molar-refractivity contribution in [2.75, 3.05) is 32.7 Å². The molecular weight excluding hydrogens is 236 g/mol. The van der Waals surface area contributed by atoms with Gasteiger partial charge >= 0.3 is 0 Å². The monoisotopic (exact) mass is 270 g/mol. The lowest BCUT2D eigenvalue weighted by atomic mass is 9.73. The molecule has 19 heavy (non-hydrogen) atoms. The van der Waals surface area contributed by atoms with Crippen LogP contribution in [0.3, 0.4) is 0 Å². The van der Waals surface area contributed by atoms with Crippen LogP contribution in [0.15, 0.2) is 0 Å². The van der Waals surface area contributed by atoms with E-state index in [0.717, 1.165) is 13.1 Å². The third kappa shape index (κ3) is 4.48. The summed E-state index contributed by atoms with van der Waals surface area (Å²) in [6.07, 6.45) is 4.43. The summed E-state index contributed by atoms with van der Waals surface area (Å²) in [5.74, 6) is 0.341. The molecule has 2 aliphatic heterocycles. The second-order valence-corrected chi connectivity index (χ2v) is 5.48. The van der Waals surface area contributed by atoms with E-state index < -0.39 is 0 Å². The Morgan fingerprint density at radius 1 is 1.16 bits per heavy atom. The second kappa shape index (κ2) is 8.57. The molecule has 0 atom stereocenters. The highest BCUT2D eigenvalue weighted by Gasteiger charge is 2.45. The summed E-state index contributed by atoms with van der Waals surface area (Å²) in [5.41, 5.74) is 0.457. The van der Waals surface area contributed by atoms with E-state index in [-0.39, 0.29) is 7.43 Å². The molecule has 0 N–H and O–H groups in total. The molecule has 1 spiro atoms. The van der Waals surface area contributed by atoms with E-state index in [1.54, 1.807) is 0 Å². The van der Waals surface area contributed by atoms with Crippen LogP contribution in [0.1, 0.15) is 60.8 Å². The van der Waals surface area contributed by atoms with Crippen LogP contribution in [0.5, 0.6) is 0 Å². The van der Waals surface area contributed by atoms with Crippen LogP contribution in [-0.2, 0) is 4.79 Å². The number of hydrogen-bond donors (Lipinski definition) is 0. The zero-order valence-corrected chi connectivity index (χ0v) is 12.7. The van der Waals surface area contributed by atoms with E-state index in [1.165, 1.54) is 38.9 Å². The molecule has 114 valence electrons. The summed E-state index contributed by atoms with van der Waals surface area (Å²) in [6.45, 7) is 13.9. The van der Waals surface area contributed by atoms with Gasteiger partial charge in [0.25, 0.3) is 0 Å². The van der Waals surface area contributed by atoms with Crippen molar-refractivity contribution in [1.82, 2.24) is 9.80 Å². The number of carbonyl (C=O) groups excluding carboxylic acids is 1. The Kier molecular flexibility index (Phi) is 8.31. The Hall–Kier alpha value is -0.570.